The normalized spacial score (nSPS) is 12.5. The van der Waals surface area contributed by atoms with Gasteiger partial charge in [0.1, 0.15) is 13.2 Å². The fourth-order valence-electron chi connectivity index (χ4n) is 6.83. The van der Waals surface area contributed by atoms with E-state index < -0.39 is 0 Å². The molecule has 0 saturated carbocycles. The van der Waals surface area contributed by atoms with E-state index in [0.29, 0.717) is 6.42 Å². The molecule has 1 rings (SSSR count). The van der Waals surface area contributed by atoms with Gasteiger partial charge in [0.25, 0.3) is 0 Å². The second-order valence-electron chi connectivity index (χ2n) is 15.0. The smallest absolute Gasteiger partial charge is 0.308 e. The highest BCUT2D eigenvalue weighted by Crippen LogP contribution is 2.22. The van der Waals surface area contributed by atoms with Gasteiger partial charge in [-0.15, -0.1) is 0 Å². The molecule has 1 amide bonds. The van der Waals surface area contributed by atoms with E-state index in [1.165, 1.54) is 77.0 Å². The molecule has 0 aliphatic carbocycles. The molecule has 0 aliphatic heterocycles. The molecule has 0 heterocycles. The van der Waals surface area contributed by atoms with Crippen molar-refractivity contribution in [2.75, 3.05) is 26.3 Å². The maximum Gasteiger partial charge on any atom is 0.308 e. The van der Waals surface area contributed by atoms with Crippen LogP contribution in [-0.4, -0.2) is 49.0 Å². The first-order valence-electron chi connectivity index (χ1n) is 21.8. The van der Waals surface area contributed by atoms with Gasteiger partial charge in [-0.05, 0) is 43.7 Å². The fraction of sp³-hybridized carbons (Fsp3) is 0.761. The first kappa shape index (κ1) is 47.4. The standard InChI is InChI=1S/C46H79NO5/c1-5-9-13-17-19-26-34-42(32-24-15-11-7-3)45(49)51-39-37-47(44(48)36-28-31-41-29-22-21-23-30-41)38-40-52-46(50)43(33-25-16-12-8-4)35-27-20-18-14-10-6-2/h21-23,28-30,36,42-43H,5-20,24-27,31-35,37-40H2,1-4H3/b36-28-. The third-order valence-corrected chi connectivity index (χ3v) is 10.3. The van der Waals surface area contributed by atoms with Crippen LogP contribution in [0.3, 0.4) is 0 Å². The van der Waals surface area contributed by atoms with Crippen LogP contribution in [0.4, 0.5) is 0 Å². The molecular formula is C46H79NO5. The predicted octanol–water partition coefficient (Wildman–Crippen LogP) is 12.4. The van der Waals surface area contributed by atoms with E-state index in [-0.39, 0.29) is 56.0 Å². The molecular weight excluding hydrogens is 647 g/mol. The Morgan fingerprint density at radius 3 is 1.31 bits per heavy atom. The Labute approximate surface area is 320 Å². The number of hydrogen-bond donors (Lipinski definition) is 0. The number of nitrogens with zero attached hydrogens (tertiary/aromatic N) is 1. The predicted molar refractivity (Wildman–Crippen MR) is 218 cm³/mol. The average Bonchev–Trinajstić information content (AvgIpc) is 3.15. The lowest BCUT2D eigenvalue weighted by atomic mass is 9.94. The van der Waals surface area contributed by atoms with E-state index in [1.807, 2.05) is 36.4 Å². The molecule has 0 spiro atoms. The molecule has 6 heteroatoms. The van der Waals surface area contributed by atoms with Gasteiger partial charge in [-0.2, -0.15) is 0 Å². The van der Waals surface area contributed by atoms with Crippen LogP contribution in [0, 0.1) is 11.8 Å². The first-order chi connectivity index (χ1) is 25.5. The number of rotatable bonds is 35. The van der Waals surface area contributed by atoms with Gasteiger partial charge in [-0.25, -0.2) is 0 Å². The van der Waals surface area contributed by atoms with E-state index in [4.69, 9.17) is 9.47 Å². The summed E-state index contributed by atoms with van der Waals surface area (Å²) < 4.78 is 11.7. The van der Waals surface area contributed by atoms with Crippen LogP contribution in [0.2, 0.25) is 0 Å². The highest BCUT2D eigenvalue weighted by molar-refractivity contribution is 5.87. The Kier molecular flexibility index (Phi) is 31.1. The summed E-state index contributed by atoms with van der Waals surface area (Å²) in [6.45, 7) is 9.71. The van der Waals surface area contributed by atoms with E-state index >= 15 is 0 Å². The Morgan fingerprint density at radius 1 is 0.538 bits per heavy atom. The number of allylic oxidation sites excluding steroid dienone is 1. The summed E-state index contributed by atoms with van der Waals surface area (Å²) >= 11 is 0. The van der Waals surface area contributed by atoms with Crippen LogP contribution in [0.5, 0.6) is 0 Å². The van der Waals surface area contributed by atoms with Gasteiger partial charge in [0, 0.05) is 0 Å². The van der Waals surface area contributed by atoms with Gasteiger partial charge in [0.05, 0.1) is 24.9 Å². The molecule has 6 nitrogen and oxygen atoms in total. The molecule has 0 saturated heterocycles. The van der Waals surface area contributed by atoms with E-state index in [9.17, 15) is 14.4 Å². The van der Waals surface area contributed by atoms with Crippen LogP contribution in [-0.2, 0) is 30.3 Å². The van der Waals surface area contributed by atoms with Crippen LogP contribution < -0.4 is 0 Å². The molecule has 298 valence electrons. The second kappa shape index (κ2) is 34.2. The number of ether oxygens (including phenoxy) is 2. The zero-order valence-corrected chi connectivity index (χ0v) is 34.2. The molecule has 1 aromatic rings. The number of carbonyl (C=O) groups excluding carboxylic acids is 3. The molecule has 1 aromatic carbocycles. The van der Waals surface area contributed by atoms with Crippen molar-refractivity contribution in [1.82, 2.24) is 4.90 Å². The van der Waals surface area contributed by atoms with E-state index in [1.54, 1.807) is 11.0 Å². The lowest BCUT2D eigenvalue weighted by Gasteiger charge is -2.23. The molecule has 0 radical (unpaired) electrons. The van der Waals surface area contributed by atoms with Crippen molar-refractivity contribution in [3.05, 3.63) is 48.0 Å². The van der Waals surface area contributed by atoms with Gasteiger partial charge in [-0.1, -0.05) is 193 Å². The lowest BCUT2D eigenvalue weighted by molar-refractivity contribution is -0.151. The van der Waals surface area contributed by atoms with Crippen LogP contribution in [0.25, 0.3) is 0 Å². The molecule has 0 aromatic heterocycles. The minimum Gasteiger partial charge on any atom is -0.464 e. The molecule has 2 unspecified atom stereocenters. The number of esters is 2. The summed E-state index contributed by atoms with van der Waals surface area (Å²) in [6.07, 6.45) is 31.1. The number of carbonyl (C=O) groups is 3. The zero-order chi connectivity index (χ0) is 37.9. The highest BCUT2D eigenvalue weighted by Gasteiger charge is 2.22. The second-order valence-corrected chi connectivity index (χ2v) is 15.0. The van der Waals surface area contributed by atoms with Gasteiger partial charge in [0.15, 0.2) is 0 Å². The summed E-state index contributed by atoms with van der Waals surface area (Å²) in [4.78, 5) is 41.7. The molecule has 0 fully saturated rings. The third kappa shape index (κ3) is 25.4. The van der Waals surface area contributed by atoms with Crippen LogP contribution in [0.15, 0.2) is 42.5 Å². The molecule has 0 aliphatic rings. The number of benzene rings is 1. The van der Waals surface area contributed by atoms with Gasteiger partial charge < -0.3 is 14.4 Å². The molecule has 0 bridgehead atoms. The third-order valence-electron chi connectivity index (χ3n) is 10.3. The first-order valence-corrected chi connectivity index (χ1v) is 21.8. The van der Waals surface area contributed by atoms with Crippen LogP contribution >= 0.6 is 0 Å². The number of amides is 1. The Morgan fingerprint density at radius 2 is 0.904 bits per heavy atom. The van der Waals surface area contributed by atoms with E-state index in [0.717, 1.165) is 82.6 Å². The molecule has 52 heavy (non-hydrogen) atoms. The van der Waals surface area contributed by atoms with Gasteiger partial charge in [-0.3, -0.25) is 14.4 Å². The van der Waals surface area contributed by atoms with Crippen molar-refractivity contribution < 1.29 is 23.9 Å². The fourth-order valence-corrected chi connectivity index (χ4v) is 6.83. The summed E-state index contributed by atoms with van der Waals surface area (Å²) in [5, 5.41) is 0. The minimum absolute atomic E-state index is 0.0835. The van der Waals surface area contributed by atoms with Crippen molar-refractivity contribution in [3.8, 4) is 0 Å². The average molecular weight is 726 g/mol. The quantitative estimate of drug-likeness (QED) is 0.0396. The van der Waals surface area contributed by atoms with E-state index in [2.05, 4.69) is 27.7 Å². The zero-order valence-electron chi connectivity index (χ0n) is 34.2. The lowest BCUT2D eigenvalue weighted by Crippen LogP contribution is -2.37. The largest absolute Gasteiger partial charge is 0.464 e. The number of unbranched alkanes of at least 4 members (excludes halogenated alkanes) is 16. The molecule has 0 N–H and O–H groups in total. The Hall–Kier alpha value is -2.63. The summed E-state index contributed by atoms with van der Waals surface area (Å²) in [5.74, 6) is -0.595. The summed E-state index contributed by atoms with van der Waals surface area (Å²) in [6, 6.07) is 10.0. The molecule has 2 atom stereocenters. The summed E-state index contributed by atoms with van der Waals surface area (Å²) in [7, 11) is 0. The SMILES string of the molecule is CCCCCCCCC(CCCCCC)C(=O)OCCN(CCOC(=O)C(CCCCCC)CCCCCCCC)C(=O)/C=C\Cc1ccccc1. The maximum absolute atomic E-state index is 13.4. The van der Waals surface area contributed by atoms with Crippen molar-refractivity contribution in [1.29, 1.82) is 0 Å². The minimum atomic E-state index is -0.158. The Balaban J connectivity index is 2.82. The summed E-state index contributed by atoms with van der Waals surface area (Å²) in [5.41, 5.74) is 1.13. The van der Waals surface area contributed by atoms with Crippen molar-refractivity contribution >= 4 is 17.8 Å². The van der Waals surface area contributed by atoms with Crippen LogP contribution in [0.1, 0.15) is 187 Å². The number of hydrogen-bond acceptors (Lipinski definition) is 5. The van der Waals surface area contributed by atoms with Crippen molar-refractivity contribution in [2.45, 2.75) is 188 Å². The van der Waals surface area contributed by atoms with Gasteiger partial charge in [0.2, 0.25) is 5.91 Å². The van der Waals surface area contributed by atoms with Crippen molar-refractivity contribution in [2.24, 2.45) is 11.8 Å². The van der Waals surface area contributed by atoms with Crippen molar-refractivity contribution in [3.63, 3.8) is 0 Å². The maximum atomic E-state index is 13.4. The Bertz CT molecular complexity index is 975. The highest BCUT2D eigenvalue weighted by atomic mass is 16.5. The topological polar surface area (TPSA) is 72.9 Å². The monoisotopic (exact) mass is 726 g/mol. The van der Waals surface area contributed by atoms with Gasteiger partial charge >= 0.3 is 11.9 Å².